The van der Waals surface area contributed by atoms with Crippen LogP contribution in [0.1, 0.15) is 19.4 Å². The van der Waals surface area contributed by atoms with E-state index >= 15 is 0 Å². The number of halogens is 1. The summed E-state index contributed by atoms with van der Waals surface area (Å²) in [5, 5.41) is 5.39. The molecule has 3 rings (SSSR count). The number of rotatable bonds is 6. The monoisotopic (exact) mass is 368 g/mol. The van der Waals surface area contributed by atoms with Gasteiger partial charge >= 0.3 is 0 Å². The summed E-state index contributed by atoms with van der Waals surface area (Å²) in [4.78, 5) is 32.2. The Morgan fingerprint density at radius 2 is 1.81 bits per heavy atom. The van der Waals surface area contributed by atoms with Crippen molar-refractivity contribution in [2.75, 3.05) is 5.32 Å². The Morgan fingerprint density at radius 3 is 2.52 bits per heavy atom. The molecular formula is C20H21FN4O2. The van der Waals surface area contributed by atoms with Crippen LogP contribution in [0, 0.1) is 11.7 Å². The van der Waals surface area contributed by atoms with Gasteiger partial charge in [0.2, 0.25) is 17.8 Å². The molecule has 6 nitrogen and oxygen atoms in total. The average Bonchev–Trinajstić information content (AvgIpc) is 3.03. The highest BCUT2D eigenvalue weighted by Gasteiger charge is 2.25. The van der Waals surface area contributed by atoms with E-state index < -0.39 is 17.8 Å². The van der Waals surface area contributed by atoms with Crippen molar-refractivity contribution in [1.29, 1.82) is 0 Å². The minimum atomic E-state index is -0.766. The maximum absolute atomic E-state index is 13.7. The van der Waals surface area contributed by atoms with Crippen molar-refractivity contribution in [2.45, 2.75) is 26.3 Å². The number of anilines is 1. The van der Waals surface area contributed by atoms with E-state index in [1.165, 1.54) is 6.07 Å². The summed E-state index contributed by atoms with van der Waals surface area (Å²) in [5.74, 6) is -1.08. The van der Waals surface area contributed by atoms with Gasteiger partial charge in [0.25, 0.3) is 0 Å². The SMILES string of the molecule is CC(C)C(NC(=O)Cc1ccccc1F)C(=O)Nc1nc2ccccc2[nH]1. The van der Waals surface area contributed by atoms with E-state index in [1.54, 1.807) is 18.2 Å². The molecule has 0 aliphatic carbocycles. The minimum absolute atomic E-state index is 0.131. The first kappa shape index (κ1) is 18.6. The molecule has 0 aliphatic rings. The van der Waals surface area contributed by atoms with Crippen molar-refractivity contribution in [3.8, 4) is 0 Å². The van der Waals surface area contributed by atoms with Crippen LogP contribution >= 0.6 is 0 Å². The van der Waals surface area contributed by atoms with E-state index in [2.05, 4.69) is 20.6 Å². The molecule has 0 spiro atoms. The van der Waals surface area contributed by atoms with Gasteiger partial charge in [0.15, 0.2) is 0 Å². The second-order valence-corrected chi connectivity index (χ2v) is 6.65. The third kappa shape index (κ3) is 4.49. The lowest BCUT2D eigenvalue weighted by molar-refractivity contribution is -0.127. The predicted octanol–water partition coefficient (Wildman–Crippen LogP) is 3.02. The minimum Gasteiger partial charge on any atom is -0.344 e. The van der Waals surface area contributed by atoms with Gasteiger partial charge in [0.05, 0.1) is 17.5 Å². The molecule has 0 saturated carbocycles. The quantitative estimate of drug-likeness (QED) is 0.625. The second-order valence-electron chi connectivity index (χ2n) is 6.65. The molecule has 3 N–H and O–H groups in total. The van der Waals surface area contributed by atoms with Crippen molar-refractivity contribution in [3.63, 3.8) is 0 Å². The highest BCUT2D eigenvalue weighted by molar-refractivity contribution is 5.97. The zero-order chi connectivity index (χ0) is 19.4. The van der Waals surface area contributed by atoms with Crippen molar-refractivity contribution < 1.29 is 14.0 Å². The van der Waals surface area contributed by atoms with E-state index in [9.17, 15) is 14.0 Å². The highest BCUT2D eigenvalue weighted by atomic mass is 19.1. The lowest BCUT2D eigenvalue weighted by atomic mass is 10.0. The van der Waals surface area contributed by atoms with Crippen LogP contribution in [0.25, 0.3) is 11.0 Å². The van der Waals surface area contributed by atoms with Gasteiger partial charge in [-0.2, -0.15) is 0 Å². The third-order valence-corrected chi connectivity index (χ3v) is 4.21. The van der Waals surface area contributed by atoms with Crippen LogP contribution in [-0.4, -0.2) is 27.8 Å². The molecule has 0 bridgehead atoms. The van der Waals surface area contributed by atoms with Crippen LogP contribution in [0.5, 0.6) is 0 Å². The van der Waals surface area contributed by atoms with Gasteiger partial charge in [0.1, 0.15) is 11.9 Å². The van der Waals surface area contributed by atoms with Gasteiger partial charge < -0.3 is 10.3 Å². The molecule has 2 aromatic carbocycles. The highest BCUT2D eigenvalue weighted by Crippen LogP contribution is 2.14. The third-order valence-electron chi connectivity index (χ3n) is 4.21. The molecule has 0 radical (unpaired) electrons. The summed E-state index contributed by atoms with van der Waals surface area (Å²) in [5.41, 5.74) is 1.82. The topological polar surface area (TPSA) is 86.9 Å². The Bertz CT molecular complexity index is 934. The number of benzene rings is 2. The van der Waals surface area contributed by atoms with Crippen LogP contribution in [0.2, 0.25) is 0 Å². The predicted molar refractivity (Wildman–Crippen MR) is 102 cm³/mol. The maximum atomic E-state index is 13.7. The number of amides is 2. The molecule has 27 heavy (non-hydrogen) atoms. The number of hydrogen-bond acceptors (Lipinski definition) is 3. The van der Waals surface area contributed by atoms with Crippen LogP contribution in [0.15, 0.2) is 48.5 Å². The number of nitrogens with zero attached hydrogens (tertiary/aromatic N) is 1. The number of hydrogen-bond donors (Lipinski definition) is 3. The Morgan fingerprint density at radius 1 is 1.11 bits per heavy atom. The number of aromatic nitrogens is 2. The largest absolute Gasteiger partial charge is 0.344 e. The van der Waals surface area contributed by atoms with E-state index in [4.69, 9.17) is 0 Å². The molecule has 1 atom stereocenters. The van der Waals surface area contributed by atoms with Gasteiger partial charge in [-0.1, -0.05) is 44.2 Å². The van der Waals surface area contributed by atoms with E-state index in [-0.39, 0.29) is 23.8 Å². The van der Waals surface area contributed by atoms with E-state index in [1.807, 2.05) is 38.1 Å². The fraction of sp³-hybridized carbons (Fsp3) is 0.250. The second kappa shape index (κ2) is 7.99. The van der Waals surface area contributed by atoms with Gasteiger partial charge in [-0.15, -0.1) is 0 Å². The molecule has 0 aliphatic heterocycles. The number of nitrogens with one attached hydrogen (secondary N) is 3. The summed E-state index contributed by atoms with van der Waals surface area (Å²) in [6, 6.07) is 12.7. The molecule has 2 amide bonds. The van der Waals surface area contributed by atoms with Gasteiger partial charge in [-0.25, -0.2) is 9.37 Å². The average molecular weight is 368 g/mol. The maximum Gasteiger partial charge on any atom is 0.249 e. The van der Waals surface area contributed by atoms with Crippen LogP contribution in [0.4, 0.5) is 10.3 Å². The first-order valence-electron chi connectivity index (χ1n) is 8.72. The Kier molecular flexibility index (Phi) is 5.49. The molecule has 1 aromatic heterocycles. The lowest BCUT2D eigenvalue weighted by Crippen LogP contribution is -2.47. The molecular weight excluding hydrogens is 347 g/mol. The first-order valence-corrected chi connectivity index (χ1v) is 8.72. The van der Waals surface area contributed by atoms with Gasteiger partial charge in [0, 0.05) is 0 Å². The van der Waals surface area contributed by atoms with Crippen LogP contribution in [0.3, 0.4) is 0 Å². The van der Waals surface area contributed by atoms with E-state index in [0.717, 1.165) is 11.0 Å². The molecule has 140 valence electrons. The van der Waals surface area contributed by atoms with Gasteiger partial charge in [-0.3, -0.25) is 14.9 Å². The van der Waals surface area contributed by atoms with E-state index in [0.29, 0.717) is 5.95 Å². The molecule has 0 fully saturated rings. The summed E-state index contributed by atoms with van der Waals surface area (Å²) in [6.45, 7) is 3.65. The van der Waals surface area contributed by atoms with Crippen LogP contribution in [-0.2, 0) is 16.0 Å². The Labute approximate surface area is 156 Å². The molecule has 7 heteroatoms. The van der Waals surface area contributed by atoms with Crippen molar-refractivity contribution >= 4 is 28.8 Å². The Balaban J connectivity index is 1.68. The van der Waals surface area contributed by atoms with Crippen molar-refractivity contribution in [1.82, 2.24) is 15.3 Å². The van der Waals surface area contributed by atoms with Crippen LogP contribution < -0.4 is 10.6 Å². The summed E-state index contributed by atoms with van der Waals surface area (Å²) >= 11 is 0. The molecule has 3 aromatic rings. The fourth-order valence-corrected chi connectivity index (χ4v) is 2.78. The number of fused-ring (bicyclic) bond motifs is 1. The van der Waals surface area contributed by atoms with Crippen molar-refractivity contribution in [2.24, 2.45) is 5.92 Å². The number of carbonyl (C=O) groups excluding carboxylic acids is 2. The molecule has 1 heterocycles. The standard InChI is InChI=1S/C20H21FN4O2/c1-12(2)18(24-17(26)11-13-7-3-4-8-14(13)21)19(27)25-20-22-15-9-5-6-10-16(15)23-20/h3-10,12,18H,11H2,1-2H3,(H,24,26)(H2,22,23,25,27). The number of carbonyl (C=O) groups is 2. The lowest BCUT2D eigenvalue weighted by Gasteiger charge is -2.21. The fourth-order valence-electron chi connectivity index (χ4n) is 2.78. The summed E-state index contributed by atoms with van der Waals surface area (Å²) in [6.07, 6.45) is -0.131. The number of para-hydroxylation sites is 2. The number of imidazole rings is 1. The molecule has 1 unspecified atom stereocenters. The zero-order valence-corrected chi connectivity index (χ0v) is 15.1. The Hall–Kier alpha value is -3.22. The smallest absolute Gasteiger partial charge is 0.249 e. The molecule has 0 saturated heterocycles. The van der Waals surface area contributed by atoms with Gasteiger partial charge in [-0.05, 0) is 29.7 Å². The number of aromatic amines is 1. The summed E-state index contributed by atoms with van der Waals surface area (Å²) < 4.78 is 13.7. The normalized spacial score (nSPS) is 12.1. The van der Waals surface area contributed by atoms with Crippen molar-refractivity contribution in [3.05, 3.63) is 59.9 Å². The number of H-pyrrole nitrogens is 1. The summed E-state index contributed by atoms with van der Waals surface area (Å²) in [7, 11) is 0. The zero-order valence-electron chi connectivity index (χ0n) is 15.1. The first-order chi connectivity index (χ1) is 12.9.